The number of ether oxygens (including phenoxy) is 2. The molecule has 1 aliphatic carbocycles. The topological polar surface area (TPSA) is 119 Å². The number of carbonyl (C=O) groups is 5. The Balaban J connectivity index is 1.32. The van der Waals surface area contributed by atoms with Gasteiger partial charge in [-0.2, -0.15) is 0 Å². The van der Waals surface area contributed by atoms with Crippen LogP contribution in [0, 0.1) is 11.8 Å². The lowest BCUT2D eigenvalue weighted by Gasteiger charge is -2.15. The first-order valence-corrected chi connectivity index (χ1v) is 10.7. The summed E-state index contributed by atoms with van der Waals surface area (Å²) in [5.41, 5.74) is 1.34. The van der Waals surface area contributed by atoms with Gasteiger partial charge in [0.25, 0.3) is 5.91 Å². The van der Waals surface area contributed by atoms with Crippen LogP contribution >= 0.6 is 0 Å². The van der Waals surface area contributed by atoms with Crippen molar-refractivity contribution in [2.75, 3.05) is 23.9 Å². The zero-order chi connectivity index (χ0) is 24.2. The number of rotatable bonds is 6. The lowest BCUT2D eigenvalue weighted by molar-refractivity contribution is -0.122. The molecule has 2 aromatic carbocycles. The van der Waals surface area contributed by atoms with E-state index in [9.17, 15) is 24.0 Å². The molecule has 1 fully saturated rings. The predicted molar refractivity (Wildman–Crippen MR) is 121 cm³/mol. The van der Waals surface area contributed by atoms with Crippen LogP contribution in [0.3, 0.4) is 0 Å². The number of methoxy groups -OCH3 is 1. The Morgan fingerprint density at radius 3 is 1.94 bits per heavy atom. The standard InChI is InChI=1S/C25H22N2O7/c1-33-24(31)15-6-10-17(11-7-15)26-21(28)14-34-25(32)16-8-12-18(13-9-16)27-22(29)19-4-2-3-5-20(19)23(27)30/h2-3,6-13,19-20H,4-5,14H2,1H3,(H,26,28)/t19-,20+. The molecule has 4 rings (SSSR count). The van der Waals surface area contributed by atoms with Gasteiger partial charge in [-0.15, -0.1) is 0 Å². The monoisotopic (exact) mass is 462 g/mol. The third-order valence-electron chi connectivity index (χ3n) is 5.79. The molecule has 0 aromatic heterocycles. The Morgan fingerprint density at radius 1 is 0.853 bits per heavy atom. The van der Waals surface area contributed by atoms with Crippen LogP contribution in [-0.2, 0) is 23.9 Å². The molecule has 2 aliphatic rings. The molecule has 1 N–H and O–H groups in total. The summed E-state index contributed by atoms with van der Waals surface area (Å²) < 4.78 is 9.66. The van der Waals surface area contributed by atoms with Crippen molar-refractivity contribution in [1.29, 1.82) is 0 Å². The van der Waals surface area contributed by atoms with E-state index in [0.29, 0.717) is 29.8 Å². The molecule has 9 heteroatoms. The number of hydrogen-bond donors (Lipinski definition) is 1. The van der Waals surface area contributed by atoms with Gasteiger partial charge >= 0.3 is 11.9 Å². The van der Waals surface area contributed by atoms with E-state index in [0.717, 1.165) is 0 Å². The number of hydrogen-bond acceptors (Lipinski definition) is 7. The minimum atomic E-state index is -0.723. The Kier molecular flexibility index (Phi) is 6.53. The number of nitrogens with one attached hydrogen (secondary N) is 1. The molecule has 2 atom stereocenters. The van der Waals surface area contributed by atoms with Crippen LogP contribution < -0.4 is 10.2 Å². The Labute approximate surface area is 195 Å². The predicted octanol–water partition coefficient (Wildman–Crippen LogP) is 2.72. The van der Waals surface area contributed by atoms with Gasteiger partial charge < -0.3 is 14.8 Å². The van der Waals surface area contributed by atoms with E-state index in [-0.39, 0.29) is 29.2 Å². The maximum Gasteiger partial charge on any atom is 0.338 e. The lowest BCUT2D eigenvalue weighted by atomic mass is 9.85. The zero-order valence-electron chi connectivity index (χ0n) is 18.4. The van der Waals surface area contributed by atoms with E-state index < -0.39 is 24.5 Å². The van der Waals surface area contributed by atoms with Crippen molar-refractivity contribution < 1.29 is 33.4 Å². The lowest BCUT2D eigenvalue weighted by Crippen LogP contribution is -2.30. The van der Waals surface area contributed by atoms with Gasteiger partial charge in [0.05, 0.1) is 35.8 Å². The third-order valence-corrected chi connectivity index (χ3v) is 5.79. The highest BCUT2D eigenvalue weighted by atomic mass is 16.5. The zero-order valence-corrected chi connectivity index (χ0v) is 18.4. The molecule has 0 unspecified atom stereocenters. The summed E-state index contributed by atoms with van der Waals surface area (Å²) in [6, 6.07) is 12.0. The molecule has 1 aliphatic heterocycles. The van der Waals surface area contributed by atoms with Gasteiger partial charge in [0.2, 0.25) is 11.8 Å². The van der Waals surface area contributed by atoms with Gasteiger partial charge in [0.1, 0.15) is 0 Å². The normalized spacial score (nSPS) is 18.9. The highest BCUT2D eigenvalue weighted by Gasteiger charge is 2.47. The first-order valence-electron chi connectivity index (χ1n) is 10.7. The van der Waals surface area contributed by atoms with E-state index in [1.54, 1.807) is 0 Å². The first-order chi connectivity index (χ1) is 16.4. The van der Waals surface area contributed by atoms with Gasteiger partial charge in [0.15, 0.2) is 6.61 Å². The average molecular weight is 462 g/mol. The van der Waals surface area contributed by atoms with Crippen LogP contribution in [0.2, 0.25) is 0 Å². The summed E-state index contributed by atoms with van der Waals surface area (Å²) in [4.78, 5) is 62.4. The summed E-state index contributed by atoms with van der Waals surface area (Å²) in [7, 11) is 1.27. The van der Waals surface area contributed by atoms with E-state index in [1.165, 1.54) is 60.5 Å². The van der Waals surface area contributed by atoms with E-state index in [2.05, 4.69) is 10.1 Å². The maximum absolute atomic E-state index is 12.7. The molecule has 34 heavy (non-hydrogen) atoms. The quantitative estimate of drug-likeness (QED) is 0.398. The number of fused-ring (bicyclic) bond motifs is 1. The fourth-order valence-electron chi connectivity index (χ4n) is 4.02. The van der Waals surface area contributed by atoms with Gasteiger partial charge in [-0.1, -0.05) is 12.2 Å². The van der Waals surface area contributed by atoms with E-state index in [1.807, 2.05) is 12.2 Å². The number of carbonyl (C=O) groups excluding carboxylic acids is 5. The minimum Gasteiger partial charge on any atom is -0.465 e. The van der Waals surface area contributed by atoms with Crippen molar-refractivity contribution in [3.8, 4) is 0 Å². The maximum atomic E-state index is 12.7. The molecule has 0 bridgehead atoms. The van der Waals surface area contributed by atoms with Crippen molar-refractivity contribution in [3.63, 3.8) is 0 Å². The van der Waals surface area contributed by atoms with Crippen LogP contribution in [0.15, 0.2) is 60.7 Å². The van der Waals surface area contributed by atoms with Crippen molar-refractivity contribution in [1.82, 2.24) is 0 Å². The van der Waals surface area contributed by atoms with Crippen LogP contribution in [0.5, 0.6) is 0 Å². The molecule has 1 saturated heterocycles. The SMILES string of the molecule is COC(=O)c1ccc(NC(=O)COC(=O)c2ccc(N3C(=O)[C@H]4CC=CC[C@H]4C3=O)cc2)cc1. The second kappa shape index (κ2) is 9.70. The Hall–Kier alpha value is -4.27. The molecule has 2 aromatic rings. The summed E-state index contributed by atoms with van der Waals surface area (Å²) in [5, 5.41) is 2.56. The van der Waals surface area contributed by atoms with E-state index in [4.69, 9.17) is 4.74 Å². The number of esters is 2. The van der Waals surface area contributed by atoms with Gasteiger partial charge in [-0.05, 0) is 61.4 Å². The van der Waals surface area contributed by atoms with Crippen LogP contribution in [0.4, 0.5) is 11.4 Å². The van der Waals surface area contributed by atoms with Gasteiger partial charge in [-0.3, -0.25) is 19.3 Å². The summed E-state index contributed by atoms with van der Waals surface area (Å²) in [6.07, 6.45) is 4.94. The van der Waals surface area contributed by atoms with Crippen molar-refractivity contribution >= 4 is 41.0 Å². The summed E-state index contributed by atoms with van der Waals surface area (Å²) in [6.45, 7) is -0.515. The largest absolute Gasteiger partial charge is 0.465 e. The van der Waals surface area contributed by atoms with Gasteiger partial charge in [0, 0.05) is 5.69 Å². The molecule has 9 nitrogen and oxygen atoms in total. The summed E-state index contributed by atoms with van der Waals surface area (Å²) >= 11 is 0. The Morgan fingerprint density at radius 2 is 1.38 bits per heavy atom. The van der Waals surface area contributed by atoms with Crippen LogP contribution in [0.25, 0.3) is 0 Å². The molecular weight excluding hydrogens is 440 g/mol. The van der Waals surface area contributed by atoms with Crippen LogP contribution in [0.1, 0.15) is 33.6 Å². The highest BCUT2D eigenvalue weighted by molar-refractivity contribution is 6.22. The molecule has 0 spiro atoms. The number of allylic oxidation sites excluding steroid dienone is 2. The number of anilines is 2. The summed E-state index contributed by atoms with van der Waals surface area (Å²) in [5.74, 6) is -2.90. The first kappa shape index (κ1) is 22.9. The van der Waals surface area contributed by atoms with Crippen LogP contribution in [-0.4, -0.2) is 43.4 Å². The molecular formula is C25H22N2O7. The molecule has 1 heterocycles. The fourth-order valence-corrected chi connectivity index (χ4v) is 4.02. The molecule has 174 valence electrons. The van der Waals surface area contributed by atoms with Crippen molar-refractivity contribution in [3.05, 3.63) is 71.8 Å². The number of nitrogens with zero attached hydrogens (tertiary/aromatic N) is 1. The van der Waals surface area contributed by atoms with E-state index >= 15 is 0 Å². The van der Waals surface area contributed by atoms with Gasteiger partial charge in [-0.25, -0.2) is 9.59 Å². The second-order valence-corrected chi connectivity index (χ2v) is 7.91. The molecule has 3 amide bonds. The molecule has 0 saturated carbocycles. The second-order valence-electron chi connectivity index (χ2n) is 7.91. The average Bonchev–Trinajstić information content (AvgIpc) is 3.12. The molecule has 0 radical (unpaired) electrons. The highest BCUT2D eigenvalue weighted by Crippen LogP contribution is 2.37. The Bertz CT molecular complexity index is 1140. The number of amides is 3. The van der Waals surface area contributed by atoms with Crippen molar-refractivity contribution in [2.24, 2.45) is 11.8 Å². The number of benzene rings is 2. The number of imide groups is 1. The van der Waals surface area contributed by atoms with Crippen molar-refractivity contribution in [2.45, 2.75) is 12.8 Å². The fraction of sp³-hybridized carbons (Fsp3) is 0.240. The smallest absolute Gasteiger partial charge is 0.338 e. The minimum absolute atomic E-state index is 0.178. The third kappa shape index (κ3) is 4.59.